The van der Waals surface area contributed by atoms with Gasteiger partial charge in [0, 0.05) is 45.4 Å². The van der Waals surface area contributed by atoms with E-state index in [4.69, 9.17) is 0 Å². The van der Waals surface area contributed by atoms with Crippen molar-refractivity contribution in [2.24, 2.45) is 0 Å². The second-order valence-corrected chi connectivity index (χ2v) is 5.31. The molecular weight excluding hydrogens is 290 g/mol. The smallest absolute Gasteiger partial charge is 0.222 e. The maximum absolute atomic E-state index is 11.9. The molecule has 0 radical (unpaired) electrons. The molecule has 1 aromatic carbocycles. The molecule has 0 saturated carbocycles. The molecule has 5 nitrogen and oxygen atoms in total. The fourth-order valence-electron chi connectivity index (χ4n) is 2.18. The van der Waals surface area contributed by atoms with Crippen molar-refractivity contribution in [1.29, 1.82) is 0 Å². The highest BCUT2D eigenvalue weighted by molar-refractivity contribution is 5.78. The second kappa shape index (κ2) is 8.68. The van der Waals surface area contributed by atoms with Gasteiger partial charge < -0.3 is 10.2 Å². The van der Waals surface area contributed by atoms with Crippen molar-refractivity contribution in [1.82, 2.24) is 15.2 Å². The van der Waals surface area contributed by atoms with Gasteiger partial charge in [0.2, 0.25) is 11.8 Å². The maximum atomic E-state index is 11.9. The molecule has 2 rings (SSSR count). The lowest BCUT2D eigenvalue weighted by Gasteiger charge is -2.20. The number of carbonyl (C=O) groups is 2. The van der Waals surface area contributed by atoms with Gasteiger partial charge in [0.15, 0.2) is 0 Å². The Labute approximate surface area is 136 Å². The minimum absolute atomic E-state index is 0.0512. The summed E-state index contributed by atoms with van der Waals surface area (Å²) in [6.07, 6.45) is 3.71. The minimum atomic E-state index is -0.0636. The third-order valence-corrected chi connectivity index (χ3v) is 3.48. The van der Waals surface area contributed by atoms with Gasteiger partial charge >= 0.3 is 0 Å². The number of carbonyl (C=O) groups excluding carboxylic acids is 2. The lowest BCUT2D eigenvalue weighted by molar-refractivity contribution is -0.130. The molecule has 0 bridgehead atoms. The van der Waals surface area contributed by atoms with E-state index in [2.05, 4.69) is 10.3 Å². The van der Waals surface area contributed by atoms with Gasteiger partial charge in [-0.25, -0.2) is 0 Å². The molecule has 0 saturated heterocycles. The molecular formula is C18H21N3O2. The van der Waals surface area contributed by atoms with E-state index in [0.29, 0.717) is 19.6 Å². The van der Waals surface area contributed by atoms with Crippen molar-refractivity contribution in [3.8, 4) is 0 Å². The molecule has 0 atom stereocenters. The van der Waals surface area contributed by atoms with Gasteiger partial charge in [-0.15, -0.1) is 0 Å². The second-order valence-electron chi connectivity index (χ2n) is 5.31. The van der Waals surface area contributed by atoms with Crippen LogP contribution in [0, 0.1) is 0 Å². The Morgan fingerprint density at radius 3 is 2.48 bits per heavy atom. The molecule has 2 amide bonds. The molecule has 2 aromatic rings. The zero-order valence-corrected chi connectivity index (χ0v) is 13.2. The first-order valence-corrected chi connectivity index (χ1v) is 7.60. The summed E-state index contributed by atoms with van der Waals surface area (Å²) in [6.45, 7) is 2.88. The van der Waals surface area contributed by atoms with Gasteiger partial charge in [-0.3, -0.25) is 14.6 Å². The highest BCUT2D eigenvalue weighted by Crippen LogP contribution is 2.04. The number of pyridine rings is 1. The van der Waals surface area contributed by atoms with Crippen LogP contribution in [0.4, 0.5) is 0 Å². The first kappa shape index (κ1) is 16.7. The summed E-state index contributed by atoms with van der Waals surface area (Å²) in [5, 5.41) is 2.87. The van der Waals surface area contributed by atoms with Crippen LogP contribution < -0.4 is 5.32 Å². The topological polar surface area (TPSA) is 62.3 Å². The molecule has 0 unspecified atom stereocenters. The van der Waals surface area contributed by atoms with E-state index >= 15 is 0 Å². The molecule has 1 heterocycles. The monoisotopic (exact) mass is 311 g/mol. The summed E-state index contributed by atoms with van der Waals surface area (Å²) in [4.78, 5) is 29.3. The Bertz CT molecular complexity index is 629. The van der Waals surface area contributed by atoms with Crippen molar-refractivity contribution in [3.05, 3.63) is 66.0 Å². The van der Waals surface area contributed by atoms with Crippen LogP contribution in [0.1, 0.15) is 24.5 Å². The van der Waals surface area contributed by atoms with E-state index in [1.165, 1.54) is 6.92 Å². The first-order chi connectivity index (χ1) is 11.1. The van der Waals surface area contributed by atoms with Crippen LogP contribution in [0.3, 0.4) is 0 Å². The Kier molecular flexibility index (Phi) is 6.29. The minimum Gasteiger partial charge on any atom is -0.352 e. The first-order valence-electron chi connectivity index (χ1n) is 7.60. The van der Waals surface area contributed by atoms with E-state index in [1.54, 1.807) is 17.3 Å². The number of hydrogen-bond acceptors (Lipinski definition) is 3. The van der Waals surface area contributed by atoms with Crippen molar-refractivity contribution in [2.75, 3.05) is 6.54 Å². The lowest BCUT2D eigenvalue weighted by Crippen LogP contribution is -2.33. The van der Waals surface area contributed by atoms with E-state index in [9.17, 15) is 9.59 Å². The van der Waals surface area contributed by atoms with E-state index in [-0.39, 0.29) is 18.2 Å². The van der Waals surface area contributed by atoms with Crippen LogP contribution in [0.15, 0.2) is 54.9 Å². The zero-order valence-electron chi connectivity index (χ0n) is 13.2. The third kappa shape index (κ3) is 5.90. The third-order valence-electron chi connectivity index (χ3n) is 3.48. The largest absolute Gasteiger partial charge is 0.352 e. The van der Waals surface area contributed by atoms with Crippen molar-refractivity contribution in [3.63, 3.8) is 0 Å². The van der Waals surface area contributed by atoms with Gasteiger partial charge in [0.05, 0.1) is 0 Å². The number of hydrogen-bond donors (Lipinski definition) is 1. The summed E-state index contributed by atoms with van der Waals surface area (Å²) in [5.41, 5.74) is 2.01. The lowest BCUT2D eigenvalue weighted by atomic mass is 10.2. The van der Waals surface area contributed by atoms with Crippen molar-refractivity contribution < 1.29 is 9.59 Å². The van der Waals surface area contributed by atoms with Crippen molar-refractivity contribution >= 4 is 11.8 Å². The van der Waals surface area contributed by atoms with Crippen LogP contribution in [0.5, 0.6) is 0 Å². The van der Waals surface area contributed by atoms with E-state index in [0.717, 1.165) is 11.1 Å². The Hall–Kier alpha value is -2.69. The Morgan fingerprint density at radius 2 is 1.83 bits per heavy atom. The summed E-state index contributed by atoms with van der Waals surface area (Å²) in [7, 11) is 0. The molecule has 0 aliphatic rings. The number of amides is 2. The van der Waals surface area contributed by atoms with Crippen LogP contribution in [0.25, 0.3) is 0 Å². The molecule has 23 heavy (non-hydrogen) atoms. The summed E-state index contributed by atoms with van der Waals surface area (Å²) in [6, 6.07) is 13.5. The van der Waals surface area contributed by atoms with Crippen LogP contribution in [-0.2, 0) is 22.7 Å². The van der Waals surface area contributed by atoms with Gasteiger partial charge in [-0.05, 0) is 17.2 Å². The van der Waals surface area contributed by atoms with Gasteiger partial charge in [0.25, 0.3) is 0 Å². The number of nitrogens with zero attached hydrogens (tertiary/aromatic N) is 2. The molecule has 0 spiro atoms. The zero-order chi connectivity index (χ0) is 16.5. The predicted octanol–water partition coefficient (Wildman–Crippen LogP) is 2.14. The predicted molar refractivity (Wildman–Crippen MR) is 88.2 cm³/mol. The molecule has 5 heteroatoms. The van der Waals surface area contributed by atoms with Crippen LogP contribution in [0.2, 0.25) is 0 Å². The Morgan fingerprint density at radius 1 is 1.09 bits per heavy atom. The number of nitrogens with one attached hydrogen (secondary N) is 1. The fourth-order valence-corrected chi connectivity index (χ4v) is 2.18. The van der Waals surface area contributed by atoms with Gasteiger partial charge in [-0.2, -0.15) is 0 Å². The summed E-state index contributed by atoms with van der Waals surface area (Å²) < 4.78 is 0. The highest BCUT2D eigenvalue weighted by Gasteiger charge is 2.11. The number of aromatic nitrogens is 1. The molecule has 1 N–H and O–H groups in total. The van der Waals surface area contributed by atoms with E-state index < -0.39 is 0 Å². The molecule has 120 valence electrons. The molecule has 1 aromatic heterocycles. The fraction of sp³-hybridized carbons (Fsp3) is 0.278. The van der Waals surface area contributed by atoms with Gasteiger partial charge in [-0.1, -0.05) is 36.4 Å². The average molecular weight is 311 g/mol. The number of benzene rings is 1. The molecule has 0 aliphatic carbocycles. The van der Waals surface area contributed by atoms with Crippen LogP contribution in [-0.4, -0.2) is 28.2 Å². The normalized spacial score (nSPS) is 10.1. The Balaban J connectivity index is 1.79. The van der Waals surface area contributed by atoms with Crippen molar-refractivity contribution in [2.45, 2.75) is 26.4 Å². The molecule has 0 fully saturated rings. The molecule has 0 aliphatic heterocycles. The summed E-state index contributed by atoms with van der Waals surface area (Å²) >= 11 is 0. The standard InChI is InChI=1S/C18H21N3O2/c1-15(22)21(14-17-8-5-10-19-12-17)11-9-18(23)20-13-16-6-3-2-4-7-16/h2-8,10,12H,9,11,13-14H2,1H3,(H,20,23). The van der Waals surface area contributed by atoms with Gasteiger partial charge in [0.1, 0.15) is 0 Å². The highest BCUT2D eigenvalue weighted by atomic mass is 16.2. The quantitative estimate of drug-likeness (QED) is 0.852. The SMILES string of the molecule is CC(=O)N(CCC(=O)NCc1ccccc1)Cc1cccnc1. The average Bonchev–Trinajstić information content (AvgIpc) is 2.58. The summed E-state index contributed by atoms with van der Waals surface area (Å²) in [5.74, 6) is -0.115. The number of rotatable bonds is 7. The maximum Gasteiger partial charge on any atom is 0.222 e. The van der Waals surface area contributed by atoms with E-state index in [1.807, 2.05) is 42.5 Å². The van der Waals surface area contributed by atoms with Crippen LogP contribution >= 0.6 is 0 Å².